The van der Waals surface area contributed by atoms with Gasteiger partial charge in [0.1, 0.15) is 5.82 Å². The Labute approximate surface area is 165 Å². The Morgan fingerprint density at radius 2 is 2.14 bits per heavy atom. The number of hydrogen-bond acceptors (Lipinski definition) is 4. The number of likely N-dealkylation sites (tertiary alicyclic amines) is 1. The van der Waals surface area contributed by atoms with Crippen LogP contribution in [0.3, 0.4) is 0 Å². The predicted octanol–water partition coefficient (Wildman–Crippen LogP) is 3.10. The van der Waals surface area contributed by atoms with E-state index in [1.807, 2.05) is 11.0 Å². The molecule has 154 valence electrons. The molecule has 2 rings (SSSR count). The summed E-state index contributed by atoms with van der Waals surface area (Å²) >= 11 is 0. The fourth-order valence-corrected chi connectivity index (χ4v) is 3.47. The van der Waals surface area contributed by atoms with E-state index in [9.17, 15) is 19.1 Å². The highest BCUT2D eigenvalue weighted by molar-refractivity contribution is 5.77. The maximum absolute atomic E-state index is 13.6. The quantitative estimate of drug-likeness (QED) is 0.446. The number of rotatable bonds is 11. The summed E-state index contributed by atoms with van der Waals surface area (Å²) in [6.45, 7) is 0.635. The molecule has 0 spiro atoms. The minimum atomic E-state index is -0.827. The third-order valence-electron chi connectivity index (χ3n) is 4.99. The average Bonchev–Trinajstić information content (AvgIpc) is 2.66. The van der Waals surface area contributed by atoms with Crippen LogP contribution in [0.2, 0.25) is 0 Å². The first kappa shape index (κ1) is 22.0. The maximum atomic E-state index is 13.6. The van der Waals surface area contributed by atoms with Gasteiger partial charge in [-0.15, -0.1) is 0 Å². The number of halogens is 1. The van der Waals surface area contributed by atoms with Crippen LogP contribution in [0.1, 0.15) is 56.9 Å². The molecule has 0 radical (unpaired) electrons. The highest BCUT2D eigenvalue weighted by Gasteiger charge is 2.25. The van der Waals surface area contributed by atoms with Gasteiger partial charge in [-0.3, -0.25) is 14.6 Å². The van der Waals surface area contributed by atoms with Gasteiger partial charge in [0.2, 0.25) is 5.91 Å². The van der Waals surface area contributed by atoms with Crippen LogP contribution in [-0.2, 0) is 16.0 Å². The molecule has 1 saturated heterocycles. The van der Waals surface area contributed by atoms with Gasteiger partial charge in [0.25, 0.3) is 0 Å². The second-order valence-electron chi connectivity index (χ2n) is 7.23. The van der Waals surface area contributed by atoms with Crippen LogP contribution in [0.5, 0.6) is 0 Å². The van der Waals surface area contributed by atoms with Crippen LogP contribution in [0, 0.1) is 5.82 Å². The lowest BCUT2D eigenvalue weighted by Gasteiger charge is -2.34. The Kier molecular flexibility index (Phi) is 9.07. The van der Waals surface area contributed by atoms with Crippen molar-refractivity contribution in [3.05, 3.63) is 42.0 Å². The Bertz CT molecular complexity index is 680. The minimum Gasteiger partial charge on any atom is -0.481 e. The predicted molar refractivity (Wildman–Crippen MR) is 103 cm³/mol. The SMILES string of the molecule is O=C(O)CCCCCCN1C(=O)CCC[C@@H]1C=CC(O)Cc1ccncc1F. The number of aliphatic carboxylic acids is 1. The van der Waals surface area contributed by atoms with Crippen molar-refractivity contribution in [1.82, 2.24) is 9.88 Å². The smallest absolute Gasteiger partial charge is 0.303 e. The number of nitrogens with zero attached hydrogens (tertiary/aromatic N) is 2. The van der Waals surface area contributed by atoms with Gasteiger partial charge in [-0.25, -0.2) is 4.39 Å². The Morgan fingerprint density at radius 3 is 2.89 bits per heavy atom. The molecule has 1 aromatic heterocycles. The monoisotopic (exact) mass is 392 g/mol. The summed E-state index contributed by atoms with van der Waals surface area (Å²) in [5.74, 6) is -1.10. The van der Waals surface area contributed by atoms with Gasteiger partial charge >= 0.3 is 5.97 Å². The topological polar surface area (TPSA) is 90.7 Å². The van der Waals surface area contributed by atoms with Crippen molar-refractivity contribution in [2.45, 2.75) is 69.9 Å². The van der Waals surface area contributed by atoms with E-state index in [0.29, 0.717) is 24.9 Å². The highest BCUT2D eigenvalue weighted by Crippen LogP contribution is 2.21. The zero-order valence-electron chi connectivity index (χ0n) is 16.1. The fourth-order valence-electron chi connectivity index (χ4n) is 3.47. The van der Waals surface area contributed by atoms with Crippen LogP contribution in [-0.4, -0.2) is 50.7 Å². The molecule has 2 atom stereocenters. The van der Waals surface area contributed by atoms with Gasteiger partial charge in [0.05, 0.1) is 18.3 Å². The van der Waals surface area contributed by atoms with Crippen LogP contribution in [0.4, 0.5) is 4.39 Å². The summed E-state index contributed by atoms with van der Waals surface area (Å²) in [4.78, 5) is 28.4. The van der Waals surface area contributed by atoms with E-state index in [1.165, 1.54) is 6.20 Å². The molecule has 1 aromatic rings. The van der Waals surface area contributed by atoms with E-state index >= 15 is 0 Å². The van der Waals surface area contributed by atoms with E-state index in [0.717, 1.165) is 38.3 Å². The summed E-state index contributed by atoms with van der Waals surface area (Å²) in [5, 5.41) is 18.9. The molecule has 1 fully saturated rings. The van der Waals surface area contributed by atoms with Crippen LogP contribution < -0.4 is 0 Å². The van der Waals surface area contributed by atoms with E-state index < -0.39 is 17.9 Å². The van der Waals surface area contributed by atoms with Gasteiger partial charge in [-0.05, 0) is 37.3 Å². The third-order valence-corrected chi connectivity index (χ3v) is 4.99. The molecule has 6 nitrogen and oxygen atoms in total. The maximum Gasteiger partial charge on any atom is 0.303 e. The van der Waals surface area contributed by atoms with Crippen LogP contribution >= 0.6 is 0 Å². The number of aliphatic hydroxyl groups excluding tert-OH is 1. The van der Waals surface area contributed by atoms with Gasteiger partial charge in [-0.1, -0.05) is 25.0 Å². The number of piperidine rings is 1. The normalized spacial score (nSPS) is 18.6. The zero-order valence-corrected chi connectivity index (χ0v) is 16.1. The molecule has 1 aliphatic heterocycles. The number of carbonyl (C=O) groups is 2. The van der Waals surface area contributed by atoms with Crippen molar-refractivity contribution < 1.29 is 24.2 Å². The number of aromatic nitrogens is 1. The number of aliphatic hydroxyl groups is 1. The van der Waals surface area contributed by atoms with E-state index in [1.54, 1.807) is 12.1 Å². The second kappa shape index (κ2) is 11.5. The number of carboxylic acids is 1. The Hall–Kier alpha value is -2.28. The second-order valence-corrected chi connectivity index (χ2v) is 7.23. The largest absolute Gasteiger partial charge is 0.481 e. The van der Waals surface area contributed by atoms with Crippen molar-refractivity contribution >= 4 is 11.9 Å². The van der Waals surface area contributed by atoms with Gasteiger partial charge in [-0.2, -0.15) is 0 Å². The molecule has 0 aromatic carbocycles. The molecule has 1 amide bonds. The standard InChI is InChI=1S/C21H29FN2O4/c22-19-15-23-12-11-16(19)14-18(25)10-9-17-6-5-7-20(26)24(17)13-4-2-1-3-8-21(27)28/h9-12,15,17-18,25H,1-8,13-14H2,(H,27,28)/t17-,18?/m1/s1. The lowest BCUT2D eigenvalue weighted by molar-refractivity contribution is -0.137. The molecule has 0 aliphatic carbocycles. The highest BCUT2D eigenvalue weighted by atomic mass is 19.1. The summed E-state index contributed by atoms with van der Waals surface area (Å²) in [5.41, 5.74) is 0.407. The molecule has 1 unspecified atom stereocenters. The average molecular weight is 392 g/mol. The summed E-state index contributed by atoms with van der Waals surface area (Å²) < 4.78 is 13.6. The number of hydrogen-bond donors (Lipinski definition) is 2. The van der Waals surface area contributed by atoms with Gasteiger partial charge in [0.15, 0.2) is 0 Å². The van der Waals surface area contributed by atoms with Crippen molar-refractivity contribution in [2.75, 3.05) is 6.54 Å². The first-order chi connectivity index (χ1) is 13.5. The first-order valence-electron chi connectivity index (χ1n) is 9.93. The van der Waals surface area contributed by atoms with E-state index in [2.05, 4.69) is 4.98 Å². The number of unbranched alkanes of at least 4 members (excludes halogenated alkanes) is 3. The lowest BCUT2D eigenvalue weighted by Crippen LogP contribution is -2.43. The van der Waals surface area contributed by atoms with Gasteiger partial charge < -0.3 is 15.1 Å². The molecule has 2 N–H and O–H groups in total. The molecule has 7 heteroatoms. The van der Waals surface area contributed by atoms with Crippen molar-refractivity contribution in [1.29, 1.82) is 0 Å². The van der Waals surface area contributed by atoms with E-state index in [4.69, 9.17) is 5.11 Å². The Balaban J connectivity index is 1.83. The number of pyridine rings is 1. The summed E-state index contributed by atoms with van der Waals surface area (Å²) in [7, 11) is 0. The van der Waals surface area contributed by atoms with Crippen molar-refractivity contribution in [2.24, 2.45) is 0 Å². The summed E-state index contributed by atoms with van der Waals surface area (Å²) in [6.07, 6.45) is 11.0. The van der Waals surface area contributed by atoms with Crippen LogP contribution in [0.25, 0.3) is 0 Å². The molecule has 0 saturated carbocycles. The molecule has 1 aliphatic rings. The molecule has 2 heterocycles. The fraction of sp³-hybridized carbons (Fsp3) is 0.571. The molecule has 0 bridgehead atoms. The molecular weight excluding hydrogens is 363 g/mol. The minimum absolute atomic E-state index is 0.0581. The molecular formula is C21H29FN2O4. The number of amides is 1. The van der Waals surface area contributed by atoms with Crippen molar-refractivity contribution in [3.8, 4) is 0 Å². The summed E-state index contributed by atoms with van der Waals surface area (Å²) in [6, 6.07) is 1.49. The number of carboxylic acid groups (broad SMARTS) is 1. The number of carbonyl (C=O) groups excluding carboxylic acids is 1. The first-order valence-corrected chi connectivity index (χ1v) is 9.93. The van der Waals surface area contributed by atoms with Crippen molar-refractivity contribution in [3.63, 3.8) is 0 Å². The van der Waals surface area contributed by atoms with E-state index in [-0.39, 0.29) is 24.8 Å². The molecule has 28 heavy (non-hydrogen) atoms. The Morgan fingerprint density at radius 1 is 1.36 bits per heavy atom. The van der Waals surface area contributed by atoms with Gasteiger partial charge in [0, 0.05) is 32.0 Å². The third kappa shape index (κ3) is 7.38. The lowest BCUT2D eigenvalue weighted by atomic mass is 9.99. The zero-order chi connectivity index (χ0) is 20.4. The van der Waals surface area contributed by atoms with Crippen LogP contribution in [0.15, 0.2) is 30.6 Å².